The number of halogens is 4. The zero-order valence-electron chi connectivity index (χ0n) is 31.7. The highest BCUT2D eigenvalue weighted by molar-refractivity contribution is 6.30. The highest BCUT2D eigenvalue weighted by atomic mass is 35.5. The lowest BCUT2D eigenvalue weighted by molar-refractivity contribution is -0.0797. The van der Waals surface area contributed by atoms with E-state index in [0.29, 0.717) is 34.9 Å². The van der Waals surface area contributed by atoms with Crippen molar-refractivity contribution in [1.82, 2.24) is 0 Å². The lowest BCUT2D eigenvalue weighted by Gasteiger charge is -2.49. The molecule has 3 unspecified atom stereocenters. The van der Waals surface area contributed by atoms with Gasteiger partial charge in [0.25, 0.3) is 0 Å². The summed E-state index contributed by atoms with van der Waals surface area (Å²) in [7, 11) is 0. The van der Waals surface area contributed by atoms with E-state index in [4.69, 9.17) is 16.3 Å². The SMILES string of the molecule is CC=C/C(CCCCC1Cc2ccc(C3CCCCO3)cc2C12CCC(Nc1cccc(Cl)c1)(C(=C=CC(F)(F)F)CC)CC2)=C1/CCCCC1C. The third-order valence-corrected chi connectivity index (χ3v) is 13.2. The van der Waals surface area contributed by atoms with Crippen LogP contribution in [0.15, 0.2) is 83.1 Å². The van der Waals surface area contributed by atoms with Crippen LogP contribution in [-0.4, -0.2) is 18.3 Å². The molecule has 3 aliphatic carbocycles. The average molecular weight is 734 g/mol. The highest BCUT2D eigenvalue weighted by Crippen LogP contribution is 2.57. The van der Waals surface area contributed by atoms with E-state index in [-0.39, 0.29) is 11.5 Å². The van der Waals surface area contributed by atoms with E-state index < -0.39 is 11.7 Å². The quantitative estimate of drug-likeness (QED) is 0.183. The molecule has 0 radical (unpaired) electrons. The minimum Gasteiger partial charge on any atom is -0.375 e. The van der Waals surface area contributed by atoms with Gasteiger partial charge in [-0.2, -0.15) is 13.2 Å². The van der Waals surface area contributed by atoms with E-state index in [0.717, 1.165) is 70.1 Å². The average Bonchev–Trinajstić information content (AvgIpc) is 3.43. The van der Waals surface area contributed by atoms with Gasteiger partial charge in [0.2, 0.25) is 0 Å². The van der Waals surface area contributed by atoms with Gasteiger partial charge in [-0.15, -0.1) is 5.73 Å². The van der Waals surface area contributed by atoms with Crippen molar-refractivity contribution in [2.45, 2.75) is 153 Å². The predicted molar refractivity (Wildman–Crippen MR) is 210 cm³/mol. The van der Waals surface area contributed by atoms with Crippen LogP contribution in [0.1, 0.15) is 146 Å². The van der Waals surface area contributed by atoms with Gasteiger partial charge in [0.05, 0.1) is 17.7 Å². The molecule has 1 N–H and O–H groups in total. The van der Waals surface area contributed by atoms with Gasteiger partial charge < -0.3 is 10.1 Å². The molecule has 52 heavy (non-hydrogen) atoms. The first-order valence-electron chi connectivity index (χ1n) is 20.2. The van der Waals surface area contributed by atoms with E-state index in [9.17, 15) is 13.2 Å². The van der Waals surface area contributed by atoms with E-state index in [2.05, 4.69) is 55.2 Å². The van der Waals surface area contributed by atoms with Crippen molar-refractivity contribution >= 4 is 17.3 Å². The summed E-state index contributed by atoms with van der Waals surface area (Å²) in [6.07, 6.45) is 18.7. The molecule has 282 valence electrons. The van der Waals surface area contributed by atoms with Crippen molar-refractivity contribution in [3.8, 4) is 0 Å². The maximum atomic E-state index is 13.6. The smallest absolute Gasteiger partial charge is 0.375 e. The Kier molecular flexibility index (Phi) is 12.9. The second-order valence-corrected chi connectivity index (χ2v) is 16.6. The molecule has 2 aromatic carbocycles. The molecule has 2 saturated carbocycles. The van der Waals surface area contributed by atoms with E-state index in [1.54, 1.807) is 11.1 Å². The summed E-state index contributed by atoms with van der Waals surface area (Å²) in [6.45, 7) is 7.32. The molecule has 1 aliphatic heterocycles. The highest BCUT2D eigenvalue weighted by Gasteiger charge is 2.52. The Morgan fingerprint density at radius 1 is 1.02 bits per heavy atom. The van der Waals surface area contributed by atoms with Crippen LogP contribution in [0.3, 0.4) is 0 Å². The standard InChI is InChI=1S/C46H59ClF3NO/c1-4-13-34(41-19-9-6-14-33(41)3)15-7-8-16-38-30-35-21-22-36(43-20-10-11-29-52-43)31-42(35)44(38)25-27-45(28-26-44,37(5-2)23-24-46(48,49)50)51-40-18-12-17-39(47)32-40/h4,12-13,17-18,21-22,24,31-33,38,43,51H,5-11,14-16,19-20,25-30H2,1-3H3/b13-4?,41-34+. The second-order valence-electron chi connectivity index (χ2n) is 16.2. The fraction of sp³-hybridized carbons (Fsp3) is 0.587. The van der Waals surface area contributed by atoms with Crippen molar-refractivity contribution in [3.63, 3.8) is 0 Å². The number of nitrogens with one attached hydrogen (secondary N) is 1. The lowest BCUT2D eigenvalue weighted by atomic mass is 9.58. The fourth-order valence-electron chi connectivity index (χ4n) is 10.3. The van der Waals surface area contributed by atoms with Crippen molar-refractivity contribution < 1.29 is 17.9 Å². The Labute approximate surface area is 316 Å². The molecule has 0 aromatic heterocycles. The van der Waals surface area contributed by atoms with Crippen LogP contribution < -0.4 is 5.32 Å². The predicted octanol–water partition coefficient (Wildman–Crippen LogP) is 14.1. The van der Waals surface area contributed by atoms with Gasteiger partial charge in [-0.1, -0.05) is 80.3 Å². The van der Waals surface area contributed by atoms with Crippen molar-refractivity contribution in [1.29, 1.82) is 0 Å². The van der Waals surface area contributed by atoms with Crippen LogP contribution >= 0.6 is 11.6 Å². The van der Waals surface area contributed by atoms with Crippen molar-refractivity contribution in [3.05, 3.63) is 105 Å². The normalized spacial score (nSPS) is 28.8. The molecule has 0 amide bonds. The van der Waals surface area contributed by atoms with Gasteiger partial charge in [-0.05, 0) is 167 Å². The van der Waals surface area contributed by atoms with Crippen LogP contribution in [0.2, 0.25) is 5.02 Å². The van der Waals surface area contributed by atoms with Crippen molar-refractivity contribution in [2.24, 2.45) is 11.8 Å². The second kappa shape index (κ2) is 17.2. The number of fused-ring (bicyclic) bond motifs is 2. The Hall–Kier alpha value is -2.72. The largest absolute Gasteiger partial charge is 0.416 e. The summed E-state index contributed by atoms with van der Waals surface area (Å²) in [6, 6.07) is 14.7. The van der Waals surface area contributed by atoms with Gasteiger partial charge in [0.1, 0.15) is 0 Å². The first kappa shape index (κ1) is 39.0. The summed E-state index contributed by atoms with van der Waals surface area (Å²) in [4.78, 5) is 0. The first-order valence-corrected chi connectivity index (χ1v) is 20.6. The van der Waals surface area contributed by atoms with Crippen LogP contribution in [0.25, 0.3) is 0 Å². The molecule has 6 heteroatoms. The number of allylic oxidation sites excluding steroid dienone is 4. The Balaban J connectivity index is 1.30. The number of hydrogen-bond donors (Lipinski definition) is 1. The molecule has 2 nitrogen and oxygen atoms in total. The van der Waals surface area contributed by atoms with Crippen LogP contribution in [0, 0.1) is 11.8 Å². The van der Waals surface area contributed by atoms with E-state index >= 15 is 0 Å². The summed E-state index contributed by atoms with van der Waals surface area (Å²) in [5.74, 6) is 1.19. The maximum Gasteiger partial charge on any atom is 0.416 e. The molecule has 1 saturated heterocycles. The molecule has 1 heterocycles. The van der Waals surface area contributed by atoms with Gasteiger partial charge in [0, 0.05) is 17.3 Å². The molecular formula is C46H59ClF3NO. The van der Waals surface area contributed by atoms with Gasteiger partial charge in [0.15, 0.2) is 0 Å². The summed E-state index contributed by atoms with van der Waals surface area (Å²) in [5, 5.41) is 4.34. The van der Waals surface area contributed by atoms with Crippen molar-refractivity contribution in [2.75, 3.05) is 11.9 Å². The lowest BCUT2D eigenvalue weighted by Crippen LogP contribution is -2.49. The van der Waals surface area contributed by atoms with Crippen LogP contribution in [-0.2, 0) is 16.6 Å². The van der Waals surface area contributed by atoms with Crippen LogP contribution in [0.5, 0.6) is 0 Å². The number of alkyl halides is 3. The Morgan fingerprint density at radius 2 is 1.83 bits per heavy atom. The molecule has 6 rings (SSSR count). The molecule has 3 atom stereocenters. The monoisotopic (exact) mass is 733 g/mol. The molecular weight excluding hydrogens is 675 g/mol. The number of anilines is 1. The maximum absolute atomic E-state index is 13.6. The summed E-state index contributed by atoms with van der Waals surface area (Å²) >= 11 is 6.41. The van der Waals surface area contributed by atoms with E-state index in [1.165, 1.54) is 61.6 Å². The summed E-state index contributed by atoms with van der Waals surface area (Å²) in [5.41, 5.74) is 11.1. The Morgan fingerprint density at radius 3 is 2.52 bits per heavy atom. The third-order valence-electron chi connectivity index (χ3n) is 13.0. The van der Waals surface area contributed by atoms with Gasteiger partial charge in [-0.3, -0.25) is 0 Å². The van der Waals surface area contributed by atoms with Gasteiger partial charge in [-0.25, -0.2) is 0 Å². The molecule has 4 aliphatic rings. The molecule has 0 bridgehead atoms. The zero-order valence-corrected chi connectivity index (χ0v) is 32.4. The van der Waals surface area contributed by atoms with E-state index in [1.807, 2.05) is 31.2 Å². The molecule has 1 spiro atoms. The number of ether oxygens (including phenoxy) is 1. The summed E-state index contributed by atoms with van der Waals surface area (Å²) < 4.78 is 46.9. The first-order chi connectivity index (χ1) is 25.1. The number of rotatable bonds is 11. The minimum atomic E-state index is -4.42. The zero-order chi connectivity index (χ0) is 36.8. The van der Waals surface area contributed by atoms with Gasteiger partial charge >= 0.3 is 6.18 Å². The third kappa shape index (κ3) is 8.97. The molecule has 2 aromatic rings. The number of unbranched alkanes of at least 4 members (excludes halogenated alkanes) is 1. The number of benzene rings is 2. The molecule has 3 fully saturated rings. The fourth-order valence-corrected chi connectivity index (χ4v) is 10.5. The number of hydrogen-bond acceptors (Lipinski definition) is 2. The minimum absolute atomic E-state index is 0.0192. The van der Waals surface area contributed by atoms with Crippen LogP contribution in [0.4, 0.5) is 18.9 Å². The Bertz CT molecular complexity index is 1650. The topological polar surface area (TPSA) is 21.3 Å².